The second kappa shape index (κ2) is 9.70. The normalized spacial score (nSPS) is 18.7. The molecule has 1 aliphatic rings. The van der Waals surface area contributed by atoms with E-state index in [2.05, 4.69) is 25.9 Å². The first-order valence-electron chi connectivity index (χ1n) is 10.5. The highest BCUT2D eigenvalue weighted by molar-refractivity contribution is 6.33. The fourth-order valence-corrected chi connectivity index (χ4v) is 3.92. The maximum absolute atomic E-state index is 12.8. The first kappa shape index (κ1) is 23.7. The van der Waals surface area contributed by atoms with E-state index >= 15 is 0 Å². The highest BCUT2D eigenvalue weighted by atomic mass is 35.5. The van der Waals surface area contributed by atoms with Crippen LogP contribution in [0.15, 0.2) is 24.5 Å². The molecule has 32 heavy (non-hydrogen) atoms. The third-order valence-electron chi connectivity index (χ3n) is 5.67. The van der Waals surface area contributed by atoms with Crippen LogP contribution in [-0.4, -0.2) is 45.9 Å². The Labute approximate surface area is 191 Å². The molecule has 0 bridgehead atoms. The van der Waals surface area contributed by atoms with Gasteiger partial charge >= 0.3 is 0 Å². The van der Waals surface area contributed by atoms with Gasteiger partial charge in [0.2, 0.25) is 5.91 Å². The zero-order valence-electron chi connectivity index (χ0n) is 18.3. The number of aromatic nitrogens is 2. The number of halogens is 1. The maximum atomic E-state index is 12.8. The van der Waals surface area contributed by atoms with E-state index in [1.165, 1.54) is 13.4 Å². The smallest absolute Gasteiger partial charge is 0.272 e. The van der Waals surface area contributed by atoms with Gasteiger partial charge in [0, 0.05) is 19.0 Å². The van der Waals surface area contributed by atoms with Crippen LogP contribution >= 0.6 is 11.6 Å². The van der Waals surface area contributed by atoms with E-state index < -0.39 is 17.4 Å². The van der Waals surface area contributed by atoms with Crippen LogP contribution in [-0.2, 0) is 10.4 Å². The van der Waals surface area contributed by atoms with Crippen molar-refractivity contribution in [2.24, 2.45) is 5.92 Å². The number of nitrogens with one attached hydrogen (secondary N) is 4. The van der Waals surface area contributed by atoms with Crippen molar-refractivity contribution in [1.29, 1.82) is 0 Å². The van der Waals surface area contributed by atoms with E-state index in [1.807, 2.05) is 0 Å². The molecule has 3 rings (SSSR count). The number of hydrogen-bond donors (Lipinski definition) is 5. The van der Waals surface area contributed by atoms with Crippen LogP contribution in [0.1, 0.15) is 66.1 Å². The molecule has 0 aliphatic heterocycles. The lowest BCUT2D eigenvalue weighted by Crippen LogP contribution is -2.40. The molecule has 1 heterocycles. The van der Waals surface area contributed by atoms with Gasteiger partial charge in [0.05, 0.1) is 22.6 Å². The van der Waals surface area contributed by atoms with Gasteiger partial charge in [-0.15, -0.1) is 0 Å². The Balaban J connectivity index is 1.56. The van der Waals surface area contributed by atoms with Gasteiger partial charge in [-0.25, -0.2) is 4.98 Å². The maximum Gasteiger partial charge on any atom is 0.272 e. The second-order valence-electron chi connectivity index (χ2n) is 8.47. The van der Waals surface area contributed by atoms with E-state index in [0.29, 0.717) is 42.0 Å². The van der Waals surface area contributed by atoms with Gasteiger partial charge in [-0.3, -0.25) is 14.4 Å². The zero-order valence-corrected chi connectivity index (χ0v) is 19.0. The van der Waals surface area contributed by atoms with Gasteiger partial charge < -0.3 is 26.0 Å². The standard InChI is InChI=1S/C22H28ClN5O4/c1-22(2,32)13-6-9-15(23)16(10-13)28-19(29)12-4-7-14(8-5-12)27-21(31)18-17(20(30)24-3)25-11-26-18/h6,9-12,14,32H,4-5,7-8H2,1-3H3,(H,24,30)(H,25,26)(H,27,31)(H,28,29). The van der Waals surface area contributed by atoms with Gasteiger partial charge in [-0.1, -0.05) is 17.7 Å². The largest absolute Gasteiger partial charge is 0.386 e. The van der Waals surface area contributed by atoms with Crippen molar-refractivity contribution in [2.45, 2.75) is 51.2 Å². The molecule has 0 spiro atoms. The summed E-state index contributed by atoms with van der Waals surface area (Å²) in [4.78, 5) is 43.8. The molecule has 1 fully saturated rings. The lowest BCUT2D eigenvalue weighted by Gasteiger charge is -2.28. The van der Waals surface area contributed by atoms with Crippen LogP contribution < -0.4 is 16.0 Å². The number of imidazole rings is 1. The van der Waals surface area contributed by atoms with E-state index in [4.69, 9.17) is 11.6 Å². The van der Waals surface area contributed by atoms with Gasteiger partial charge in [0.15, 0.2) is 5.69 Å². The molecule has 0 atom stereocenters. The molecule has 10 heteroatoms. The van der Waals surface area contributed by atoms with E-state index in [-0.39, 0.29) is 29.3 Å². The number of aliphatic hydroxyl groups is 1. The van der Waals surface area contributed by atoms with Crippen molar-refractivity contribution in [1.82, 2.24) is 20.6 Å². The molecule has 2 aromatic rings. The van der Waals surface area contributed by atoms with Crippen LogP contribution in [0.2, 0.25) is 5.02 Å². The minimum atomic E-state index is -1.05. The third kappa shape index (κ3) is 5.46. The predicted octanol–water partition coefficient (Wildman–Crippen LogP) is 2.58. The quantitative estimate of drug-likeness (QED) is 0.450. The Kier molecular flexibility index (Phi) is 7.20. The summed E-state index contributed by atoms with van der Waals surface area (Å²) in [6.07, 6.45) is 3.76. The minimum Gasteiger partial charge on any atom is -0.386 e. The SMILES string of the molecule is CNC(=O)c1[nH]cnc1C(=O)NC1CCC(C(=O)Nc2cc(C(C)(C)O)ccc2Cl)CC1. The average molecular weight is 462 g/mol. The zero-order chi connectivity index (χ0) is 23.5. The van der Waals surface area contributed by atoms with Crippen molar-refractivity contribution in [3.63, 3.8) is 0 Å². The van der Waals surface area contributed by atoms with E-state index in [9.17, 15) is 19.5 Å². The Morgan fingerprint density at radius 1 is 1.16 bits per heavy atom. The predicted molar refractivity (Wildman–Crippen MR) is 121 cm³/mol. The van der Waals surface area contributed by atoms with Crippen molar-refractivity contribution in [2.75, 3.05) is 12.4 Å². The highest BCUT2D eigenvalue weighted by Gasteiger charge is 2.29. The molecular formula is C22H28ClN5O4. The summed E-state index contributed by atoms with van der Waals surface area (Å²) in [6, 6.07) is 4.95. The number of amides is 3. The van der Waals surface area contributed by atoms with Crippen molar-refractivity contribution >= 4 is 35.0 Å². The van der Waals surface area contributed by atoms with Crippen LogP contribution in [0.25, 0.3) is 0 Å². The number of carbonyl (C=O) groups excluding carboxylic acids is 3. The lowest BCUT2D eigenvalue weighted by atomic mass is 9.85. The summed E-state index contributed by atoms with van der Waals surface area (Å²) >= 11 is 6.22. The molecule has 5 N–H and O–H groups in total. The number of nitrogens with zero attached hydrogens (tertiary/aromatic N) is 1. The number of rotatable bonds is 6. The molecule has 1 saturated carbocycles. The molecule has 1 aromatic heterocycles. The topological polar surface area (TPSA) is 136 Å². The van der Waals surface area contributed by atoms with Crippen LogP contribution in [0.5, 0.6) is 0 Å². The molecule has 1 aliphatic carbocycles. The third-order valence-corrected chi connectivity index (χ3v) is 6.00. The Bertz CT molecular complexity index is 1010. The number of hydrogen-bond acceptors (Lipinski definition) is 5. The lowest BCUT2D eigenvalue weighted by molar-refractivity contribution is -0.120. The first-order chi connectivity index (χ1) is 15.1. The minimum absolute atomic E-state index is 0.0468. The Morgan fingerprint density at radius 2 is 1.84 bits per heavy atom. The van der Waals surface area contributed by atoms with Gasteiger partial charge in [-0.05, 0) is 57.2 Å². The highest BCUT2D eigenvalue weighted by Crippen LogP contribution is 2.31. The number of carbonyl (C=O) groups is 3. The van der Waals surface area contributed by atoms with Gasteiger partial charge in [0.1, 0.15) is 5.69 Å². The first-order valence-corrected chi connectivity index (χ1v) is 10.9. The van der Waals surface area contributed by atoms with Crippen molar-refractivity contribution < 1.29 is 19.5 Å². The van der Waals surface area contributed by atoms with Crippen molar-refractivity contribution in [3.8, 4) is 0 Å². The monoisotopic (exact) mass is 461 g/mol. The fourth-order valence-electron chi connectivity index (χ4n) is 3.75. The fraction of sp³-hybridized carbons (Fsp3) is 0.455. The van der Waals surface area contributed by atoms with Crippen LogP contribution in [0.3, 0.4) is 0 Å². The van der Waals surface area contributed by atoms with Crippen LogP contribution in [0, 0.1) is 5.92 Å². The molecule has 1 aromatic carbocycles. The average Bonchev–Trinajstić information content (AvgIpc) is 3.24. The Morgan fingerprint density at radius 3 is 2.47 bits per heavy atom. The summed E-state index contributed by atoms with van der Waals surface area (Å²) < 4.78 is 0. The number of aromatic amines is 1. The molecule has 0 radical (unpaired) electrons. The van der Waals surface area contributed by atoms with Crippen LogP contribution in [0.4, 0.5) is 5.69 Å². The van der Waals surface area contributed by atoms with Gasteiger partial charge in [0.25, 0.3) is 11.8 Å². The number of benzene rings is 1. The molecule has 0 unspecified atom stereocenters. The summed E-state index contributed by atoms with van der Waals surface area (Å²) in [5, 5.41) is 18.8. The Hall–Kier alpha value is -2.91. The number of H-pyrrole nitrogens is 1. The van der Waals surface area contributed by atoms with Crippen molar-refractivity contribution in [3.05, 3.63) is 46.5 Å². The van der Waals surface area contributed by atoms with E-state index in [0.717, 1.165) is 0 Å². The number of anilines is 1. The van der Waals surface area contributed by atoms with Gasteiger partial charge in [-0.2, -0.15) is 0 Å². The molecule has 3 amide bonds. The van der Waals surface area contributed by atoms with E-state index in [1.54, 1.807) is 32.0 Å². The summed E-state index contributed by atoms with van der Waals surface area (Å²) in [5.41, 5.74) is 0.227. The molecule has 9 nitrogen and oxygen atoms in total. The molecular weight excluding hydrogens is 434 g/mol. The molecule has 0 saturated heterocycles. The molecule has 172 valence electrons. The second-order valence-corrected chi connectivity index (χ2v) is 8.88. The summed E-state index contributed by atoms with van der Waals surface area (Å²) in [5.74, 6) is -1.19. The summed E-state index contributed by atoms with van der Waals surface area (Å²) in [6.45, 7) is 3.33. The summed E-state index contributed by atoms with van der Waals surface area (Å²) in [7, 11) is 1.48.